The molecule has 0 saturated heterocycles. The average Bonchev–Trinajstić information content (AvgIpc) is 3.19. The second kappa shape index (κ2) is 7.62. The maximum absolute atomic E-state index is 12.2. The highest BCUT2D eigenvalue weighted by Crippen LogP contribution is 2.22. The lowest BCUT2D eigenvalue weighted by Gasteiger charge is -2.05. The molecule has 6 heteroatoms. The number of rotatable bonds is 6. The Hall–Kier alpha value is -2.79. The van der Waals surface area contributed by atoms with E-state index in [9.17, 15) is 4.79 Å². The molecule has 0 aliphatic heterocycles. The predicted molar refractivity (Wildman–Crippen MR) is 101 cm³/mol. The number of aromatic nitrogens is 2. The van der Waals surface area contributed by atoms with Gasteiger partial charge in [-0.25, -0.2) is 0 Å². The van der Waals surface area contributed by atoms with E-state index in [0.29, 0.717) is 28.8 Å². The van der Waals surface area contributed by atoms with Crippen molar-refractivity contribution < 1.29 is 13.9 Å². The fourth-order valence-electron chi connectivity index (χ4n) is 2.51. The van der Waals surface area contributed by atoms with Crippen LogP contribution in [0.1, 0.15) is 33.3 Å². The number of aryl methyl sites for hydroxylation is 3. The number of hydrogen-bond donors (Lipinski definition) is 0. The lowest BCUT2D eigenvalue weighted by molar-refractivity contribution is 0.103. The fraction of sp³-hybridized carbons (Fsp3) is 0.200. The van der Waals surface area contributed by atoms with Gasteiger partial charge in [0.05, 0.1) is 5.69 Å². The van der Waals surface area contributed by atoms with Crippen molar-refractivity contribution in [2.24, 2.45) is 7.05 Å². The molecule has 0 amide bonds. The Bertz CT molecular complexity index is 969. The van der Waals surface area contributed by atoms with E-state index in [1.807, 2.05) is 32.0 Å². The zero-order valence-electron chi connectivity index (χ0n) is 14.8. The first-order valence-corrected chi connectivity index (χ1v) is 8.51. The van der Waals surface area contributed by atoms with Gasteiger partial charge in [-0.1, -0.05) is 11.6 Å². The molecule has 0 unspecified atom stereocenters. The zero-order chi connectivity index (χ0) is 18.7. The number of halogens is 1. The minimum Gasteiger partial charge on any atom is -0.486 e. The molecule has 0 aliphatic carbocycles. The summed E-state index contributed by atoms with van der Waals surface area (Å²) in [7, 11) is 1.74. The van der Waals surface area contributed by atoms with E-state index in [1.54, 1.807) is 36.0 Å². The predicted octanol–water partition coefficient (Wildman–Crippen LogP) is 4.76. The van der Waals surface area contributed by atoms with E-state index in [4.69, 9.17) is 20.8 Å². The van der Waals surface area contributed by atoms with E-state index in [0.717, 1.165) is 17.0 Å². The summed E-state index contributed by atoms with van der Waals surface area (Å²) >= 11 is 6.00. The quantitative estimate of drug-likeness (QED) is 0.463. The fourth-order valence-corrected chi connectivity index (χ4v) is 2.63. The van der Waals surface area contributed by atoms with Crippen molar-refractivity contribution in [2.75, 3.05) is 0 Å². The first-order chi connectivity index (χ1) is 12.4. The van der Waals surface area contributed by atoms with Gasteiger partial charge in [0.25, 0.3) is 0 Å². The number of benzene rings is 1. The zero-order valence-corrected chi connectivity index (χ0v) is 15.6. The monoisotopic (exact) mass is 370 g/mol. The molecule has 2 heterocycles. The van der Waals surface area contributed by atoms with E-state index in [2.05, 4.69) is 5.10 Å². The van der Waals surface area contributed by atoms with Gasteiger partial charge in [0.1, 0.15) is 29.6 Å². The first-order valence-electron chi connectivity index (χ1n) is 8.13. The molecule has 0 aliphatic rings. The minimum atomic E-state index is -0.126. The van der Waals surface area contributed by atoms with Crippen LogP contribution in [0, 0.1) is 13.8 Å². The van der Waals surface area contributed by atoms with Crippen LogP contribution in [0.3, 0.4) is 0 Å². The maximum atomic E-state index is 12.2. The van der Waals surface area contributed by atoms with Crippen LogP contribution in [0.4, 0.5) is 0 Å². The molecule has 0 N–H and O–H groups in total. The summed E-state index contributed by atoms with van der Waals surface area (Å²) in [6.45, 7) is 4.07. The van der Waals surface area contributed by atoms with Gasteiger partial charge in [0.15, 0.2) is 0 Å². The van der Waals surface area contributed by atoms with Crippen LogP contribution in [0.2, 0.25) is 5.02 Å². The van der Waals surface area contributed by atoms with E-state index >= 15 is 0 Å². The van der Waals surface area contributed by atoms with E-state index in [1.165, 1.54) is 6.08 Å². The summed E-state index contributed by atoms with van der Waals surface area (Å²) in [6.07, 6.45) is 3.11. The van der Waals surface area contributed by atoms with Crippen LogP contribution >= 0.6 is 11.6 Å². The third kappa shape index (κ3) is 4.24. The molecular weight excluding hydrogens is 352 g/mol. The Labute approximate surface area is 156 Å². The van der Waals surface area contributed by atoms with Gasteiger partial charge < -0.3 is 9.15 Å². The van der Waals surface area contributed by atoms with Gasteiger partial charge in [-0.15, -0.1) is 0 Å². The van der Waals surface area contributed by atoms with Crippen LogP contribution in [-0.4, -0.2) is 15.6 Å². The number of furan rings is 1. The Balaban J connectivity index is 1.61. The number of carbonyl (C=O) groups excluding carboxylic acids is 1. The lowest BCUT2D eigenvalue weighted by atomic mass is 10.2. The van der Waals surface area contributed by atoms with Crippen molar-refractivity contribution in [1.29, 1.82) is 0 Å². The molecular formula is C20H19ClN2O3. The number of ketones is 1. The topological polar surface area (TPSA) is 57.3 Å². The molecule has 2 aromatic heterocycles. The SMILES string of the molecule is Cc1cc(C(=O)/C=C/c2ccc(COc3ccc(Cl)c(C)c3)o2)n(C)n1. The van der Waals surface area contributed by atoms with Crippen molar-refractivity contribution >= 4 is 23.5 Å². The second-order valence-corrected chi connectivity index (χ2v) is 6.40. The molecule has 0 spiro atoms. The number of carbonyl (C=O) groups is 1. The van der Waals surface area contributed by atoms with Crippen molar-refractivity contribution in [3.63, 3.8) is 0 Å². The van der Waals surface area contributed by atoms with Gasteiger partial charge in [-0.3, -0.25) is 9.48 Å². The van der Waals surface area contributed by atoms with E-state index < -0.39 is 0 Å². The molecule has 134 valence electrons. The highest BCUT2D eigenvalue weighted by molar-refractivity contribution is 6.31. The van der Waals surface area contributed by atoms with E-state index in [-0.39, 0.29) is 5.78 Å². The standard InChI is InChI=1S/C20H19ClN2O3/c1-13-10-16(6-8-18(13)21)25-12-17-5-4-15(26-17)7-9-20(24)19-11-14(2)22-23(19)3/h4-11H,12H2,1-3H3/b9-7+. The van der Waals surface area contributed by atoms with Crippen molar-refractivity contribution in [1.82, 2.24) is 9.78 Å². The number of nitrogens with zero attached hydrogens (tertiary/aromatic N) is 2. The number of allylic oxidation sites excluding steroid dienone is 1. The summed E-state index contributed by atoms with van der Waals surface area (Å²) < 4.78 is 12.9. The summed E-state index contributed by atoms with van der Waals surface area (Å²) in [5.41, 5.74) is 2.29. The molecule has 5 nitrogen and oxygen atoms in total. The van der Waals surface area contributed by atoms with Crippen LogP contribution in [0.15, 0.2) is 46.9 Å². The molecule has 0 saturated carbocycles. The Kier molecular flexibility index (Phi) is 5.28. The summed E-state index contributed by atoms with van der Waals surface area (Å²) in [5.74, 6) is 1.85. The third-order valence-corrected chi connectivity index (χ3v) is 4.27. The highest BCUT2D eigenvalue weighted by Gasteiger charge is 2.09. The van der Waals surface area contributed by atoms with Gasteiger partial charge in [-0.05, 0) is 68.0 Å². The van der Waals surface area contributed by atoms with Crippen molar-refractivity contribution in [2.45, 2.75) is 20.5 Å². The minimum absolute atomic E-state index is 0.126. The molecule has 1 aromatic carbocycles. The Morgan fingerprint density at radius 2 is 2.08 bits per heavy atom. The lowest BCUT2D eigenvalue weighted by Crippen LogP contribution is -2.03. The van der Waals surface area contributed by atoms with Crippen LogP contribution in [-0.2, 0) is 13.7 Å². The van der Waals surface area contributed by atoms with Crippen LogP contribution < -0.4 is 4.74 Å². The second-order valence-electron chi connectivity index (χ2n) is 6.00. The van der Waals surface area contributed by atoms with Gasteiger partial charge in [0.2, 0.25) is 5.78 Å². The molecule has 0 radical (unpaired) electrons. The molecule has 0 fully saturated rings. The van der Waals surface area contributed by atoms with Crippen molar-refractivity contribution in [3.05, 3.63) is 76.0 Å². The molecule has 0 bridgehead atoms. The Morgan fingerprint density at radius 1 is 1.27 bits per heavy atom. The summed E-state index contributed by atoms with van der Waals surface area (Å²) in [4.78, 5) is 12.2. The van der Waals surface area contributed by atoms with Gasteiger partial charge in [-0.2, -0.15) is 5.10 Å². The summed E-state index contributed by atoms with van der Waals surface area (Å²) in [6, 6.07) is 10.9. The van der Waals surface area contributed by atoms with Crippen LogP contribution in [0.25, 0.3) is 6.08 Å². The largest absolute Gasteiger partial charge is 0.486 e. The van der Waals surface area contributed by atoms with Gasteiger partial charge in [0, 0.05) is 12.1 Å². The third-order valence-electron chi connectivity index (χ3n) is 3.85. The summed E-state index contributed by atoms with van der Waals surface area (Å²) in [5, 5.41) is 4.87. The smallest absolute Gasteiger partial charge is 0.203 e. The average molecular weight is 371 g/mol. The number of hydrogen-bond acceptors (Lipinski definition) is 4. The molecule has 26 heavy (non-hydrogen) atoms. The highest BCUT2D eigenvalue weighted by atomic mass is 35.5. The Morgan fingerprint density at radius 3 is 2.77 bits per heavy atom. The van der Waals surface area contributed by atoms with Crippen LogP contribution in [0.5, 0.6) is 5.75 Å². The van der Waals surface area contributed by atoms with Gasteiger partial charge >= 0.3 is 0 Å². The maximum Gasteiger partial charge on any atom is 0.203 e. The number of ether oxygens (including phenoxy) is 1. The van der Waals surface area contributed by atoms with Crippen molar-refractivity contribution in [3.8, 4) is 5.75 Å². The molecule has 0 atom stereocenters. The molecule has 3 aromatic rings. The first kappa shape index (κ1) is 18.0. The normalized spacial score (nSPS) is 11.2. The molecule has 3 rings (SSSR count).